The normalized spacial score (nSPS) is 13.8. The van der Waals surface area contributed by atoms with Crippen LogP contribution in [-0.2, 0) is 17.9 Å². The van der Waals surface area contributed by atoms with Gasteiger partial charge in [-0.3, -0.25) is 9.36 Å². The van der Waals surface area contributed by atoms with E-state index in [1.165, 1.54) is 11.8 Å². The second-order valence-electron chi connectivity index (χ2n) is 7.27. The summed E-state index contributed by atoms with van der Waals surface area (Å²) < 4.78 is 18.2. The molecule has 1 amide bonds. The molecule has 2 aliphatic rings. The minimum atomic E-state index is -0.0635. The highest BCUT2D eigenvalue weighted by atomic mass is 32.2. The van der Waals surface area contributed by atoms with Crippen LogP contribution in [0.5, 0.6) is 17.2 Å². The van der Waals surface area contributed by atoms with Crippen LogP contribution < -0.4 is 24.4 Å². The number of ether oxygens (including phenoxy) is 3. The molecule has 0 saturated heterocycles. The van der Waals surface area contributed by atoms with Crippen molar-refractivity contribution in [1.29, 1.82) is 0 Å². The number of fused-ring (bicyclic) bond motifs is 2. The van der Waals surface area contributed by atoms with Crippen LogP contribution in [0.3, 0.4) is 0 Å². The molecule has 2 aromatic carbocycles. The van der Waals surface area contributed by atoms with Gasteiger partial charge >= 0.3 is 0 Å². The van der Waals surface area contributed by atoms with Gasteiger partial charge in [0.1, 0.15) is 5.75 Å². The van der Waals surface area contributed by atoms with Crippen LogP contribution in [-0.4, -0.2) is 46.4 Å². The number of nitrogens with zero attached hydrogens (tertiary/aromatic N) is 4. The van der Waals surface area contributed by atoms with Gasteiger partial charge in [-0.15, -0.1) is 10.2 Å². The topological polar surface area (TPSA) is 90.7 Å². The fraction of sp³-hybridized carbons (Fsp3) is 0.318. The van der Waals surface area contributed by atoms with E-state index >= 15 is 0 Å². The molecule has 1 N–H and O–H groups in total. The molecule has 0 fully saturated rings. The third-order valence-electron chi connectivity index (χ3n) is 5.20. The first-order valence-electron chi connectivity index (χ1n) is 10.4. The van der Waals surface area contributed by atoms with E-state index in [0.717, 1.165) is 46.9 Å². The van der Waals surface area contributed by atoms with E-state index in [1.807, 2.05) is 54.0 Å². The third-order valence-corrected chi connectivity index (χ3v) is 6.17. The molecule has 3 aromatic rings. The number of thioether (sulfide) groups is 1. The molecule has 166 valence electrons. The quantitative estimate of drug-likeness (QED) is 0.521. The second-order valence-corrected chi connectivity index (χ2v) is 8.21. The van der Waals surface area contributed by atoms with E-state index in [0.29, 0.717) is 18.9 Å². The maximum atomic E-state index is 12.3. The minimum Gasteiger partial charge on any atom is -0.494 e. The number of carbonyl (C=O) groups is 1. The molecule has 0 bridgehead atoms. The van der Waals surface area contributed by atoms with Crippen molar-refractivity contribution in [2.45, 2.75) is 25.2 Å². The van der Waals surface area contributed by atoms with Gasteiger partial charge in [-0.1, -0.05) is 17.8 Å². The van der Waals surface area contributed by atoms with Gasteiger partial charge in [0.15, 0.2) is 16.7 Å². The molecule has 0 saturated carbocycles. The number of hydrogen-bond acceptors (Lipinski definition) is 8. The second kappa shape index (κ2) is 8.99. The molecule has 0 aliphatic carbocycles. The van der Waals surface area contributed by atoms with E-state index in [1.54, 1.807) is 0 Å². The lowest BCUT2D eigenvalue weighted by molar-refractivity contribution is -0.118. The summed E-state index contributed by atoms with van der Waals surface area (Å²) in [4.78, 5) is 14.5. The molecule has 5 rings (SSSR count). The van der Waals surface area contributed by atoms with Crippen LogP contribution in [0.1, 0.15) is 12.5 Å². The monoisotopic (exact) mass is 453 g/mol. The predicted octanol–water partition coefficient (Wildman–Crippen LogP) is 2.97. The van der Waals surface area contributed by atoms with Crippen molar-refractivity contribution in [2.75, 3.05) is 30.6 Å². The number of rotatable bonds is 8. The number of amides is 1. The lowest BCUT2D eigenvalue weighted by Gasteiger charge is -2.15. The summed E-state index contributed by atoms with van der Waals surface area (Å²) in [6, 6.07) is 13.6. The standard InChI is InChI=1S/C22H23N5O4S/c1-2-29-17-6-4-16(5-7-17)26-9-10-27-21(26)24-25-22(27)32-13-20(28)23-12-15-3-8-18-19(11-15)31-14-30-18/h3-8,11H,2,9-10,12-14H2,1H3,(H,23,28). The SMILES string of the molecule is CCOc1ccc(N2CCn3c(SCC(=O)NCc4ccc5c(c4)OCO5)nnc32)cc1. The molecule has 0 radical (unpaired) electrons. The zero-order chi connectivity index (χ0) is 21.9. The molecule has 32 heavy (non-hydrogen) atoms. The Morgan fingerprint density at radius 3 is 2.81 bits per heavy atom. The van der Waals surface area contributed by atoms with Crippen molar-refractivity contribution in [1.82, 2.24) is 20.1 Å². The van der Waals surface area contributed by atoms with Gasteiger partial charge in [-0.05, 0) is 48.9 Å². The van der Waals surface area contributed by atoms with E-state index < -0.39 is 0 Å². The van der Waals surface area contributed by atoms with Gasteiger partial charge in [0, 0.05) is 25.3 Å². The van der Waals surface area contributed by atoms with Crippen molar-refractivity contribution in [3.05, 3.63) is 48.0 Å². The molecular weight excluding hydrogens is 430 g/mol. The summed E-state index contributed by atoms with van der Waals surface area (Å²) in [5.74, 6) is 3.28. The fourth-order valence-corrected chi connectivity index (χ4v) is 4.44. The van der Waals surface area contributed by atoms with Crippen molar-refractivity contribution in [2.24, 2.45) is 0 Å². The largest absolute Gasteiger partial charge is 0.494 e. The van der Waals surface area contributed by atoms with E-state index in [-0.39, 0.29) is 18.5 Å². The summed E-state index contributed by atoms with van der Waals surface area (Å²) in [7, 11) is 0. The van der Waals surface area contributed by atoms with Crippen LogP contribution in [0.2, 0.25) is 0 Å². The Balaban J connectivity index is 1.16. The summed E-state index contributed by atoms with van der Waals surface area (Å²) in [5.41, 5.74) is 2.00. The van der Waals surface area contributed by atoms with Gasteiger partial charge in [0.05, 0.1) is 12.4 Å². The first kappa shape index (κ1) is 20.5. The Morgan fingerprint density at radius 1 is 1.12 bits per heavy atom. The highest BCUT2D eigenvalue weighted by Crippen LogP contribution is 2.33. The maximum absolute atomic E-state index is 12.3. The van der Waals surface area contributed by atoms with Gasteiger partial charge in [-0.2, -0.15) is 0 Å². The molecule has 9 nitrogen and oxygen atoms in total. The maximum Gasteiger partial charge on any atom is 0.232 e. The molecule has 2 aliphatic heterocycles. The van der Waals surface area contributed by atoms with Crippen LogP contribution in [0.25, 0.3) is 0 Å². The molecule has 3 heterocycles. The van der Waals surface area contributed by atoms with Crippen molar-refractivity contribution >= 4 is 29.3 Å². The molecule has 10 heteroatoms. The zero-order valence-electron chi connectivity index (χ0n) is 17.6. The Labute approximate surface area is 189 Å². The molecular formula is C22H23N5O4S. The fourth-order valence-electron chi connectivity index (χ4n) is 3.65. The lowest BCUT2D eigenvalue weighted by Crippen LogP contribution is -2.24. The highest BCUT2D eigenvalue weighted by Gasteiger charge is 2.26. The Bertz CT molecular complexity index is 1120. The molecule has 0 atom stereocenters. The smallest absolute Gasteiger partial charge is 0.232 e. The van der Waals surface area contributed by atoms with Crippen LogP contribution in [0.15, 0.2) is 47.6 Å². The zero-order valence-corrected chi connectivity index (χ0v) is 18.4. The first-order chi connectivity index (χ1) is 15.7. The van der Waals surface area contributed by atoms with Gasteiger partial charge in [0.2, 0.25) is 18.6 Å². The van der Waals surface area contributed by atoms with Gasteiger partial charge < -0.3 is 24.4 Å². The van der Waals surface area contributed by atoms with Crippen LogP contribution in [0, 0.1) is 0 Å². The number of anilines is 2. The first-order valence-corrected chi connectivity index (χ1v) is 11.4. The lowest BCUT2D eigenvalue weighted by atomic mass is 10.2. The van der Waals surface area contributed by atoms with Crippen LogP contribution in [0.4, 0.5) is 11.6 Å². The average molecular weight is 454 g/mol. The number of aromatic nitrogens is 3. The molecule has 0 unspecified atom stereocenters. The Kier molecular flexibility index (Phi) is 5.76. The van der Waals surface area contributed by atoms with E-state index in [9.17, 15) is 4.79 Å². The summed E-state index contributed by atoms with van der Waals surface area (Å²) in [6.45, 7) is 4.86. The minimum absolute atomic E-state index is 0.0635. The van der Waals surface area contributed by atoms with Crippen molar-refractivity contribution in [3.8, 4) is 17.2 Å². The number of carbonyl (C=O) groups excluding carboxylic acids is 1. The highest BCUT2D eigenvalue weighted by molar-refractivity contribution is 7.99. The Morgan fingerprint density at radius 2 is 1.97 bits per heavy atom. The van der Waals surface area contributed by atoms with Gasteiger partial charge in [-0.25, -0.2) is 0 Å². The predicted molar refractivity (Wildman–Crippen MR) is 120 cm³/mol. The van der Waals surface area contributed by atoms with Crippen molar-refractivity contribution in [3.63, 3.8) is 0 Å². The summed E-state index contributed by atoms with van der Waals surface area (Å²) in [6.07, 6.45) is 0. The summed E-state index contributed by atoms with van der Waals surface area (Å²) >= 11 is 1.39. The van der Waals surface area contributed by atoms with E-state index in [2.05, 4.69) is 20.4 Å². The average Bonchev–Trinajstić information content (AvgIpc) is 3.53. The van der Waals surface area contributed by atoms with E-state index in [4.69, 9.17) is 14.2 Å². The number of hydrogen-bond donors (Lipinski definition) is 1. The number of benzene rings is 2. The van der Waals surface area contributed by atoms with Crippen molar-refractivity contribution < 1.29 is 19.0 Å². The molecule has 1 aromatic heterocycles. The van der Waals surface area contributed by atoms with Gasteiger partial charge in [0.25, 0.3) is 0 Å². The summed E-state index contributed by atoms with van der Waals surface area (Å²) in [5, 5.41) is 12.3. The third kappa shape index (κ3) is 4.18. The number of nitrogens with one attached hydrogen (secondary N) is 1. The molecule has 0 spiro atoms. The van der Waals surface area contributed by atoms with Crippen LogP contribution >= 0.6 is 11.8 Å². The Hall–Kier alpha value is -3.40.